The minimum atomic E-state index is -3.27. The van der Waals surface area contributed by atoms with E-state index in [4.69, 9.17) is 46.4 Å². The van der Waals surface area contributed by atoms with Crippen molar-refractivity contribution in [2.24, 2.45) is 4.36 Å². The van der Waals surface area contributed by atoms with Crippen LogP contribution in [-0.2, 0) is 11.5 Å². The van der Waals surface area contributed by atoms with Gasteiger partial charge in [-0.2, -0.15) is 4.36 Å². The van der Waals surface area contributed by atoms with Gasteiger partial charge in [-0.05, 0) is 15.9 Å². The summed E-state index contributed by atoms with van der Waals surface area (Å²) >= 11 is 20.3. The van der Waals surface area contributed by atoms with Crippen LogP contribution in [0.25, 0.3) is 0 Å². The van der Waals surface area contributed by atoms with Crippen molar-refractivity contribution in [3.63, 3.8) is 0 Å². The van der Waals surface area contributed by atoms with Crippen molar-refractivity contribution in [3.8, 4) is 0 Å². The van der Waals surface area contributed by atoms with Crippen molar-refractivity contribution >= 4 is 73.8 Å². The van der Waals surface area contributed by atoms with Crippen LogP contribution in [0.1, 0.15) is 0 Å². The first-order valence-electron chi connectivity index (χ1n) is 1.91. The predicted octanol–water partition coefficient (Wildman–Crippen LogP) is 4.21. The first-order chi connectivity index (χ1) is 4.67. The monoisotopic (exact) mass is 327 g/mol. The lowest BCUT2D eigenvalue weighted by Crippen LogP contribution is -2.28. The zero-order valence-corrected chi connectivity index (χ0v) is 9.93. The lowest BCUT2D eigenvalue weighted by molar-refractivity contribution is 0.759. The van der Waals surface area contributed by atoms with Crippen LogP contribution in [0.15, 0.2) is 4.36 Å². The molecule has 0 N–H and O–H groups in total. The van der Waals surface area contributed by atoms with E-state index in [0.29, 0.717) is 0 Å². The van der Waals surface area contributed by atoms with Crippen molar-refractivity contribution < 1.29 is 7.77 Å². The summed E-state index contributed by atoms with van der Waals surface area (Å²) in [7, 11) is 0. The molecule has 0 amide bonds. The predicted molar refractivity (Wildman–Crippen MR) is 49.8 cm³/mol. The van der Waals surface area contributed by atoms with E-state index in [1.165, 1.54) is 0 Å². The zero-order chi connectivity index (χ0) is 9.28. The van der Waals surface area contributed by atoms with Gasteiger partial charge >= 0.3 is 0 Å². The first-order valence-corrected chi connectivity index (χ1v) is 5.20. The molecule has 0 rings (SSSR count). The Kier molecular flexibility index (Phi) is 4.88. The SMILES string of the molecule is FS(F)=NC(Cl)(Cl)C(Cl)(Cl)Br. The Hall–Kier alpha value is 1.65. The van der Waals surface area contributed by atoms with Gasteiger partial charge in [0.1, 0.15) is 0 Å². The summed E-state index contributed by atoms with van der Waals surface area (Å²) in [5.74, 6) is 0. The molecular weight excluding hydrogens is 330 g/mol. The van der Waals surface area contributed by atoms with Crippen LogP contribution in [0.5, 0.6) is 0 Å². The van der Waals surface area contributed by atoms with E-state index in [0.717, 1.165) is 0 Å². The molecule has 0 aromatic rings. The van der Waals surface area contributed by atoms with Crippen LogP contribution in [0.4, 0.5) is 7.77 Å². The Morgan fingerprint density at radius 1 is 1.18 bits per heavy atom. The Labute approximate surface area is 93.1 Å². The van der Waals surface area contributed by atoms with Crippen molar-refractivity contribution in [3.05, 3.63) is 0 Å². The van der Waals surface area contributed by atoms with Gasteiger partial charge < -0.3 is 0 Å². The maximum absolute atomic E-state index is 11.6. The molecule has 0 spiro atoms. The van der Waals surface area contributed by atoms with Gasteiger partial charge in [-0.25, -0.2) is 0 Å². The Bertz CT molecular complexity index is 175. The van der Waals surface area contributed by atoms with E-state index in [-0.39, 0.29) is 0 Å². The highest BCUT2D eigenvalue weighted by Gasteiger charge is 2.46. The number of hydrogen-bond donors (Lipinski definition) is 0. The molecule has 0 aliphatic rings. The number of alkyl halides is 5. The van der Waals surface area contributed by atoms with Gasteiger partial charge in [0, 0.05) is 0 Å². The highest BCUT2D eigenvalue weighted by atomic mass is 79.9. The molecule has 0 heterocycles. The van der Waals surface area contributed by atoms with Crippen LogP contribution in [0.3, 0.4) is 0 Å². The number of halogens is 7. The van der Waals surface area contributed by atoms with E-state index in [9.17, 15) is 7.77 Å². The number of hydrogen-bond acceptors (Lipinski definition) is 1. The van der Waals surface area contributed by atoms with Crippen LogP contribution in [0.2, 0.25) is 0 Å². The summed E-state index contributed by atoms with van der Waals surface area (Å²) in [6.45, 7) is 0. The van der Waals surface area contributed by atoms with Gasteiger partial charge in [0.05, 0.1) is 0 Å². The first kappa shape index (κ1) is 12.7. The highest BCUT2D eigenvalue weighted by molar-refractivity contribution is 9.11. The second-order valence-electron chi connectivity index (χ2n) is 1.33. The largest absolute Gasteiger partial charge is 0.264 e. The summed E-state index contributed by atoms with van der Waals surface area (Å²) in [5.41, 5.74) is 0. The summed E-state index contributed by atoms with van der Waals surface area (Å²) in [5, 5.41) is 0. The summed E-state index contributed by atoms with van der Waals surface area (Å²) in [6, 6.07) is 0. The lowest BCUT2D eigenvalue weighted by Gasteiger charge is -2.21. The van der Waals surface area contributed by atoms with Gasteiger partial charge in [-0.15, -0.1) is 7.77 Å². The fourth-order valence-electron chi connectivity index (χ4n) is 0.138. The van der Waals surface area contributed by atoms with Crippen LogP contribution in [0, 0.1) is 0 Å². The van der Waals surface area contributed by atoms with Crippen LogP contribution >= 0.6 is 62.3 Å². The van der Waals surface area contributed by atoms with Crippen LogP contribution in [-0.4, -0.2) is 7.70 Å². The fourth-order valence-corrected chi connectivity index (χ4v) is 1.15. The molecule has 0 fully saturated rings. The van der Waals surface area contributed by atoms with Crippen LogP contribution < -0.4 is 0 Å². The average Bonchev–Trinajstić information content (AvgIpc) is 1.56. The zero-order valence-electron chi connectivity index (χ0n) is 4.50. The maximum Gasteiger partial charge on any atom is 0.264 e. The summed E-state index contributed by atoms with van der Waals surface area (Å²) in [4.78, 5) is 0. The molecule has 0 aliphatic carbocycles. The molecule has 0 aromatic heterocycles. The molecule has 0 unspecified atom stereocenters. The van der Waals surface area contributed by atoms with Gasteiger partial charge in [0.15, 0.2) is 0 Å². The second kappa shape index (κ2) is 4.24. The van der Waals surface area contributed by atoms with Crippen molar-refractivity contribution in [2.45, 2.75) is 7.70 Å². The van der Waals surface area contributed by atoms with Gasteiger partial charge in [0.25, 0.3) is 15.9 Å². The quantitative estimate of drug-likeness (QED) is 0.531. The standard InChI is InChI=1S/C2BrCl4F2NS/c3-1(4,5)2(6,7)10-11(8)9. The third-order valence-electron chi connectivity index (χ3n) is 0.525. The topological polar surface area (TPSA) is 12.4 Å². The molecule has 9 heteroatoms. The fraction of sp³-hybridized carbons (Fsp3) is 1.00. The molecule has 0 radical (unpaired) electrons. The normalized spacial score (nSPS) is 13.8. The molecule has 0 saturated heterocycles. The minimum Gasteiger partial charge on any atom is -0.162 e. The van der Waals surface area contributed by atoms with Gasteiger partial charge in [-0.1, -0.05) is 46.4 Å². The Morgan fingerprint density at radius 2 is 1.55 bits per heavy atom. The molecule has 0 saturated carbocycles. The second-order valence-corrected chi connectivity index (χ2v) is 6.62. The van der Waals surface area contributed by atoms with E-state index < -0.39 is 19.2 Å². The lowest BCUT2D eigenvalue weighted by atomic mass is 10.8. The summed E-state index contributed by atoms with van der Waals surface area (Å²) < 4.78 is 21.6. The van der Waals surface area contributed by atoms with E-state index >= 15 is 0 Å². The van der Waals surface area contributed by atoms with Gasteiger partial charge in [-0.3, -0.25) is 0 Å². The molecule has 0 aromatic carbocycles. The minimum absolute atomic E-state index is 1.92. The third-order valence-corrected chi connectivity index (χ3v) is 3.84. The van der Waals surface area contributed by atoms with Gasteiger partial charge in [0.2, 0.25) is 3.24 Å². The number of nitrogens with zero attached hydrogens (tertiary/aromatic N) is 1. The summed E-state index contributed by atoms with van der Waals surface area (Å²) in [6.07, 6.45) is 0. The molecule has 68 valence electrons. The smallest absolute Gasteiger partial charge is 0.162 e. The van der Waals surface area contributed by atoms with Crippen molar-refractivity contribution in [1.82, 2.24) is 0 Å². The van der Waals surface area contributed by atoms with E-state index in [2.05, 4.69) is 20.3 Å². The van der Waals surface area contributed by atoms with E-state index in [1.54, 1.807) is 0 Å². The van der Waals surface area contributed by atoms with Crippen molar-refractivity contribution in [2.75, 3.05) is 0 Å². The molecule has 0 bridgehead atoms. The highest BCUT2D eigenvalue weighted by Crippen LogP contribution is 2.48. The molecule has 11 heavy (non-hydrogen) atoms. The van der Waals surface area contributed by atoms with Crippen molar-refractivity contribution in [1.29, 1.82) is 0 Å². The molecule has 1 nitrogen and oxygen atoms in total. The average molecular weight is 330 g/mol. The molecule has 0 atom stereocenters. The van der Waals surface area contributed by atoms with E-state index in [1.807, 2.05) is 0 Å². The molecular formula is C2BrCl4F2NS. The maximum atomic E-state index is 11.6. The molecule has 0 aliphatic heterocycles. The Morgan fingerprint density at radius 3 is 1.64 bits per heavy atom. The number of rotatable bonds is 2. The Balaban J connectivity index is 4.61. The third kappa shape index (κ3) is 4.43.